The smallest absolute Gasteiger partial charge is 0.115 e. The molecule has 20 heavy (non-hydrogen) atoms. The number of aliphatic carboxylic acids is 1. The van der Waals surface area contributed by atoms with Crippen LogP contribution >= 0.6 is 0 Å². The zero-order valence-electron chi connectivity index (χ0n) is 12.1. The third-order valence-corrected chi connectivity index (χ3v) is 5.81. The Balaban J connectivity index is 2.13. The number of fused-ring (bicyclic) bond motifs is 3. The zero-order chi connectivity index (χ0) is 14.5. The quantitative estimate of drug-likeness (QED) is 0.853. The number of phenols is 1. The second-order valence-corrected chi connectivity index (χ2v) is 6.91. The summed E-state index contributed by atoms with van der Waals surface area (Å²) in [5, 5.41) is 21.5. The van der Waals surface area contributed by atoms with Crippen LogP contribution in [-0.2, 0) is 16.6 Å². The summed E-state index contributed by atoms with van der Waals surface area (Å²) in [7, 11) is 0. The SMILES string of the molecule is C[C@@]12CCC[C@](C)(C(=O)[O-])[C@H]1CCc1ccc(O)cc12. The van der Waals surface area contributed by atoms with Crippen LogP contribution in [0, 0.1) is 11.3 Å². The van der Waals surface area contributed by atoms with Crippen molar-refractivity contribution in [3.63, 3.8) is 0 Å². The minimum Gasteiger partial charge on any atom is -0.550 e. The fourth-order valence-corrected chi connectivity index (χ4v) is 4.69. The van der Waals surface area contributed by atoms with Crippen molar-refractivity contribution in [3.05, 3.63) is 29.3 Å². The molecule has 1 saturated carbocycles. The highest BCUT2D eigenvalue weighted by molar-refractivity contribution is 5.73. The third kappa shape index (κ3) is 1.68. The molecule has 3 rings (SSSR count). The number of carbonyl (C=O) groups is 1. The van der Waals surface area contributed by atoms with Crippen molar-refractivity contribution in [2.45, 2.75) is 51.4 Å². The van der Waals surface area contributed by atoms with Gasteiger partial charge in [-0.15, -0.1) is 0 Å². The number of carbonyl (C=O) groups excluding carboxylic acids is 1. The van der Waals surface area contributed by atoms with Crippen LogP contribution in [0.5, 0.6) is 5.75 Å². The summed E-state index contributed by atoms with van der Waals surface area (Å²) in [5.74, 6) is -0.563. The van der Waals surface area contributed by atoms with Gasteiger partial charge in [0.1, 0.15) is 5.75 Å². The molecule has 0 unspecified atom stereocenters. The molecule has 1 aromatic rings. The molecular formula is C17H21O3-. The Morgan fingerprint density at radius 2 is 2.10 bits per heavy atom. The van der Waals surface area contributed by atoms with Gasteiger partial charge in [0.05, 0.1) is 0 Å². The lowest BCUT2D eigenvalue weighted by Crippen LogP contribution is -2.56. The first-order chi connectivity index (χ1) is 9.38. The summed E-state index contributed by atoms with van der Waals surface area (Å²) in [6.07, 6.45) is 4.35. The lowest BCUT2D eigenvalue weighted by atomic mass is 9.50. The van der Waals surface area contributed by atoms with E-state index in [1.165, 1.54) is 5.56 Å². The van der Waals surface area contributed by atoms with Crippen molar-refractivity contribution in [2.24, 2.45) is 11.3 Å². The van der Waals surface area contributed by atoms with Gasteiger partial charge in [-0.2, -0.15) is 0 Å². The fraction of sp³-hybridized carbons (Fsp3) is 0.588. The standard InChI is InChI=1S/C17H22O3/c1-16-8-3-9-17(2,15(19)20)14(16)7-5-11-4-6-12(18)10-13(11)16/h4,6,10,14,18H,3,5,7-9H2,1-2H3,(H,19,20)/p-1/t14-,16-,17-/m0/s1. The maximum Gasteiger partial charge on any atom is 0.115 e. The van der Waals surface area contributed by atoms with E-state index in [1.807, 2.05) is 19.1 Å². The Kier molecular flexibility index (Phi) is 2.86. The Morgan fingerprint density at radius 3 is 2.80 bits per heavy atom. The molecule has 3 heteroatoms. The zero-order valence-corrected chi connectivity index (χ0v) is 12.1. The van der Waals surface area contributed by atoms with Crippen LogP contribution in [0.1, 0.15) is 50.7 Å². The highest BCUT2D eigenvalue weighted by Crippen LogP contribution is 2.57. The third-order valence-electron chi connectivity index (χ3n) is 5.81. The number of hydrogen-bond acceptors (Lipinski definition) is 3. The number of benzene rings is 1. The molecule has 0 heterocycles. The minimum atomic E-state index is -0.919. The number of rotatable bonds is 1. The first-order valence-corrected chi connectivity index (χ1v) is 7.42. The highest BCUT2D eigenvalue weighted by Gasteiger charge is 2.52. The van der Waals surface area contributed by atoms with Crippen LogP contribution in [0.3, 0.4) is 0 Å². The first-order valence-electron chi connectivity index (χ1n) is 7.42. The van der Waals surface area contributed by atoms with Crippen molar-refractivity contribution < 1.29 is 15.0 Å². The molecule has 0 amide bonds. The van der Waals surface area contributed by atoms with Gasteiger partial charge in [0.25, 0.3) is 0 Å². The first kappa shape index (κ1) is 13.5. The van der Waals surface area contributed by atoms with Crippen LogP contribution in [0.4, 0.5) is 0 Å². The molecule has 2 aliphatic rings. The summed E-state index contributed by atoms with van der Waals surface area (Å²) in [5.41, 5.74) is 1.47. The monoisotopic (exact) mass is 273 g/mol. The maximum absolute atomic E-state index is 11.7. The summed E-state index contributed by atoms with van der Waals surface area (Å²) in [4.78, 5) is 11.7. The van der Waals surface area contributed by atoms with Crippen molar-refractivity contribution >= 4 is 5.97 Å². The Hall–Kier alpha value is -1.51. The van der Waals surface area contributed by atoms with Gasteiger partial charge in [-0.05, 0) is 60.3 Å². The Bertz CT molecular complexity index is 565. The normalized spacial score (nSPS) is 36.0. The molecule has 3 atom stereocenters. The molecule has 0 spiro atoms. The van der Waals surface area contributed by atoms with Gasteiger partial charge in [-0.25, -0.2) is 0 Å². The van der Waals surface area contributed by atoms with Crippen molar-refractivity contribution in [2.75, 3.05) is 0 Å². The number of carboxylic acids is 1. The van der Waals surface area contributed by atoms with E-state index in [0.717, 1.165) is 31.2 Å². The fourth-order valence-electron chi connectivity index (χ4n) is 4.69. The van der Waals surface area contributed by atoms with Gasteiger partial charge in [-0.1, -0.05) is 26.3 Å². The van der Waals surface area contributed by atoms with Crippen LogP contribution < -0.4 is 5.11 Å². The maximum atomic E-state index is 11.7. The molecule has 0 radical (unpaired) electrons. The summed E-state index contributed by atoms with van der Waals surface area (Å²) < 4.78 is 0. The molecule has 1 fully saturated rings. The molecule has 0 aliphatic heterocycles. The van der Waals surface area contributed by atoms with Gasteiger partial charge in [-0.3, -0.25) is 0 Å². The number of aryl methyl sites for hydroxylation is 1. The van der Waals surface area contributed by atoms with Gasteiger partial charge in [0, 0.05) is 11.4 Å². The lowest BCUT2D eigenvalue weighted by Gasteiger charge is -2.55. The Morgan fingerprint density at radius 1 is 1.35 bits per heavy atom. The van der Waals surface area contributed by atoms with Crippen LogP contribution in [0.2, 0.25) is 0 Å². The number of phenolic OH excluding ortho intramolecular Hbond substituents is 1. The summed E-state index contributed by atoms with van der Waals surface area (Å²) in [6, 6.07) is 5.54. The summed E-state index contributed by atoms with van der Waals surface area (Å²) >= 11 is 0. The molecular weight excluding hydrogens is 252 g/mol. The second-order valence-electron chi connectivity index (χ2n) is 6.91. The van der Waals surface area contributed by atoms with E-state index in [2.05, 4.69) is 6.92 Å². The topological polar surface area (TPSA) is 60.4 Å². The summed E-state index contributed by atoms with van der Waals surface area (Å²) in [6.45, 7) is 4.01. The largest absolute Gasteiger partial charge is 0.550 e. The number of aromatic hydroxyl groups is 1. The highest BCUT2D eigenvalue weighted by atomic mass is 16.4. The van der Waals surface area contributed by atoms with E-state index >= 15 is 0 Å². The molecule has 0 bridgehead atoms. The molecule has 1 N–H and O–H groups in total. The lowest BCUT2D eigenvalue weighted by molar-refractivity contribution is -0.324. The molecule has 3 nitrogen and oxygen atoms in total. The van der Waals surface area contributed by atoms with Crippen LogP contribution in [-0.4, -0.2) is 11.1 Å². The van der Waals surface area contributed by atoms with Crippen molar-refractivity contribution in [3.8, 4) is 5.75 Å². The van der Waals surface area contributed by atoms with Gasteiger partial charge >= 0.3 is 0 Å². The van der Waals surface area contributed by atoms with Gasteiger partial charge < -0.3 is 15.0 Å². The van der Waals surface area contributed by atoms with E-state index < -0.39 is 11.4 Å². The van der Waals surface area contributed by atoms with Crippen LogP contribution in [0.25, 0.3) is 0 Å². The van der Waals surface area contributed by atoms with E-state index in [-0.39, 0.29) is 17.1 Å². The van der Waals surface area contributed by atoms with Crippen molar-refractivity contribution in [1.82, 2.24) is 0 Å². The van der Waals surface area contributed by atoms with E-state index in [4.69, 9.17) is 0 Å². The molecule has 0 saturated heterocycles. The predicted molar refractivity (Wildman–Crippen MR) is 74.2 cm³/mol. The number of hydrogen-bond donors (Lipinski definition) is 1. The molecule has 2 aliphatic carbocycles. The predicted octanol–water partition coefficient (Wildman–Crippen LogP) is 2.15. The van der Waals surface area contributed by atoms with Gasteiger partial charge in [0.15, 0.2) is 0 Å². The van der Waals surface area contributed by atoms with Gasteiger partial charge in [0.2, 0.25) is 0 Å². The van der Waals surface area contributed by atoms with Crippen molar-refractivity contribution in [1.29, 1.82) is 0 Å². The Labute approximate surface area is 119 Å². The van der Waals surface area contributed by atoms with E-state index in [0.29, 0.717) is 6.42 Å². The average molecular weight is 273 g/mol. The molecule has 1 aromatic carbocycles. The number of carboxylic acid groups (broad SMARTS) is 1. The molecule has 108 valence electrons. The van der Waals surface area contributed by atoms with E-state index in [9.17, 15) is 15.0 Å². The average Bonchev–Trinajstić information content (AvgIpc) is 2.39. The minimum absolute atomic E-state index is 0.0862. The molecule has 0 aromatic heterocycles. The van der Waals surface area contributed by atoms with E-state index in [1.54, 1.807) is 6.07 Å². The second kappa shape index (κ2) is 4.24. The van der Waals surface area contributed by atoms with Crippen LogP contribution in [0.15, 0.2) is 18.2 Å².